The van der Waals surface area contributed by atoms with E-state index in [1.165, 1.54) is 18.5 Å². The molecule has 1 heterocycles. The van der Waals surface area contributed by atoms with Crippen LogP contribution in [0.25, 0.3) is 0 Å². The lowest BCUT2D eigenvalue weighted by Crippen LogP contribution is -2.36. The number of anilines is 3. The predicted molar refractivity (Wildman–Crippen MR) is 82.6 cm³/mol. The summed E-state index contributed by atoms with van der Waals surface area (Å²) >= 11 is 0. The van der Waals surface area contributed by atoms with E-state index in [2.05, 4.69) is 15.6 Å². The van der Waals surface area contributed by atoms with Crippen LogP contribution >= 0.6 is 0 Å². The smallest absolute Gasteiger partial charge is 0.253 e. The highest BCUT2D eigenvalue weighted by atomic mass is 19.1. The number of rotatable bonds is 5. The summed E-state index contributed by atoms with van der Waals surface area (Å²) in [6.07, 6.45) is 3.07. The number of aromatic nitrogens is 1. The first-order valence-electron chi connectivity index (χ1n) is 6.74. The van der Waals surface area contributed by atoms with Crippen LogP contribution in [0.3, 0.4) is 0 Å². The van der Waals surface area contributed by atoms with Gasteiger partial charge in [-0.25, -0.2) is 8.78 Å². The zero-order valence-electron chi connectivity index (χ0n) is 11.8. The minimum absolute atomic E-state index is 0.0397. The summed E-state index contributed by atoms with van der Waals surface area (Å²) in [6.45, 7) is -0.0397. The van der Waals surface area contributed by atoms with E-state index >= 15 is 0 Å². The Bertz CT molecular complexity index is 919. The molecule has 23 heavy (non-hydrogen) atoms. The summed E-state index contributed by atoms with van der Waals surface area (Å²) in [5, 5.41) is 5.54. The van der Waals surface area contributed by atoms with Crippen LogP contribution in [0.2, 0.25) is 0 Å². The number of nitrogens with zero attached hydrogens (tertiary/aromatic N) is 1. The minimum atomic E-state index is -0.722. The molecule has 0 spiro atoms. The van der Waals surface area contributed by atoms with Gasteiger partial charge < -0.3 is 10.6 Å². The molecule has 1 aromatic heterocycles. The van der Waals surface area contributed by atoms with Gasteiger partial charge in [0.15, 0.2) is 0 Å². The van der Waals surface area contributed by atoms with Crippen molar-refractivity contribution in [2.45, 2.75) is 6.54 Å². The van der Waals surface area contributed by atoms with Gasteiger partial charge in [0.25, 0.3) is 10.9 Å². The van der Waals surface area contributed by atoms with Crippen LogP contribution in [0.5, 0.6) is 0 Å². The number of halogens is 2. The summed E-state index contributed by atoms with van der Waals surface area (Å²) in [7, 11) is 0. The standard InChI is InChI=1S/C16H11F2N3O2/c17-10-2-1-9(12(18)7-10)8-20-13-14(16(23)15(13)22)21-11-3-5-19-6-4-11/h1-7,20H,8H2,(H,19,21). The van der Waals surface area contributed by atoms with E-state index in [1.54, 1.807) is 12.1 Å². The summed E-state index contributed by atoms with van der Waals surface area (Å²) < 4.78 is 26.4. The average molecular weight is 315 g/mol. The van der Waals surface area contributed by atoms with Crippen molar-refractivity contribution in [3.63, 3.8) is 0 Å². The third kappa shape index (κ3) is 2.94. The second kappa shape index (κ2) is 5.96. The van der Waals surface area contributed by atoms with Crippen molar-refractivity contribution < 1.29 is 8.78 Å². The fourth-order valence-corrected chi connectivity index (χ4v) is 2.11. The molecule has 0 fully saturated rings. The number of hydrogen-bond donors (Lipinski definition) is 2. The van der Waals surface area contributed by atoms with Gasteiger partial charge in [0.2, 0.25) is 0 Å². The highest BCUT2D eigenvalue weighted by Gasteiger charge is 2.21. The summed E-state index contributed by atoms with van der Waals surface area (Å²) in [5.74, 6) is -1.40. The molecule has 3 aromatic rings. The van der Waals surface area contributed by atoms with Gasteiger partial charge >= 0.3 is 0 Å². The van der Waals surface area contributed by atoms with E-state index in [9.17, 15) is 18.4 Å². The first-order chi connectivity index (χ1) is 11.1. The molecule has 0 aliphatic rings. The van der Waals surface area contributed by atoms with Crippen LogP contribution in [0, 0.1) is 11.6 Å². The van der Waals surface area contributed by atoms with Crippen molar-refractivity contribution in [2.75, 3.05) is 10.6 Å². The minimum Gasteiger partial charge on any atom is -0.376 e. The maximum Gasteiger partial charge on any atom is 0.253 e. The Hall–Kier alpha value is -3.09. The molecular weight excluding hydrogens is 304 g/mol. The lowest BCUT2D eigenvalue weighted by Gasteiger charge is -2.15. The van der Waals surface area contributed by atoms with Crippen LogP contribution < -0.4 is 21.5 Å². The van der Waals surface area contributed by atoms with Crippen molar-refractivity contribution in [3.8, 4) is 0 Å². The fourth-order valence-electron chi connectivity index (χ4n) is 2.11. The maximum atomic E-state index is 13.6. The van der Waals surface area contributed by atoms with Gasteiger partial charge in [-0.3, -0.25) is 14.6 Å². The van der Waals surface area contributed by atoms with Gasteiger partial charge in [-0.1, -0.05) is 6.07 Å². The molecule has 0 saturated heterocycles. The Morgan fingerprint density at radius 1 is 0.957 bits per heavy atom. The van der Waals surface area contributed by atoms with Gasteiger partial charge in [0.1, 0.15) is 23.0 Å². The Morgan fingerprint density at radius 2 is 1.65 bits per heavy atom. The van der Waals surface area contributed by atoms with Gasteiger partial charge in [-0.05, 0) is 18.2 Å². The first kappa shape index (κ1) is 14.8. The predicted octanol–water partition coefficient (Wildman–Crippen LogP) is 2.31. The van der Waals surface area contributed by atoms with Crippen molar-refractivity contribution >= 4 is 17.1 Å². The molecule has 2 N–H and O–H groups in total. The zero-order valence-corrected chi connectivity index (χ0v) is 11.8. The van der Waals surface area contributed by atoms with E-state index in [-0.39, 0.29) is 23.5 Å². The van der Waals surface area contributed by atoms with Crippen LogP contribution in [-0.4, -0.2) is 4.98 Å². The average Bonchev–Trinajstić information content (AvgIpc) is 2.56. The monoisotopic (exact) mass is 315 g/mol. The molecule has 0 saturated carbocycles. The van der Waals surface area contributed by atoms with Crippen LogP contribution in [0.4, 0.5) is 25.8 Å². The fraction of sp³-hybridized carbons (Fsp3) is 0.0625. The molecule has 2 aromatic carbocycles. The van der Waals surface area contributed by atoms with E-state index in [1.807, 2.05) is 0 Å². The van der Waals surface area contributed by atoms with Gasteiger partial charge in [0, 0.05) is 36.3 Å². The zero-order chi connectivity index (χ0) is 16.4. The van der Waals surface area contributed by atoms with Crippen molar-refractivity contribution in [2.24, 2.45) is 0 Å². The molecule has 0 atom stereocenters. The normalized spacial score (nSPS) is 10.7. The van der Waals surface area contributed by atoms with E-state index < -0.39 is 22.5 Å². The van der Waals surface area contributed by atoms with Crippen molar-refractivity contribution in [1.29, 1.82) is 0 Å². The number of nitrogens with one attached hydrogen (secondary N) is 2. The summed E-state index contributed by atoms with van der Waals surface area (Å²) in [6, 6.07) is 6.44. The summed E-state index contributed by atoms with van der Waals surface area (Å²) in [5.41, 5.74) is -0.343. The lowest BCUT2D eigenvalue weighted by molar-refractivity contribution is 0.574. The molecule has 0 aliphatic carbocycles. The van der Waals surface area contributed by atoms with Crippen molar-refractivity contribution in [3.05, 3.63) is 80.4 Å². The van der Waals surface area contributed by atoms with Crippen molar-refractivity contribution in [1.82, 2.24) is 4.98 Å². The molecule has 0 amide bonds. The molecule has 0 bridgehead atoms. The van der Waals surface area contributed by atoms with Crippen LogP contribution in [0.1, 0.15) is 5.56 Å². The first-order valence-corrected chi connectivity index (χ1v) is 6.74. The quantitative estimate of drug-likeness (QED) is 0.707. The molecule has 5 nitrogen and oxygen atoms in total. The molecule has 7 heteroatoms. The Balaban J connectivity index is 1.77. The number of benzene rings is 1. The highest BCUT2D eigenvalue weighted by molar-refractivity contribution is 5.78. The number of pyridine rings is 1. The Labute approximate surface area is 129 Å². The molecule has 0 aliphatic heterocycles. The van der Waals surface area contributed by atoms with E-state index in [0.29, 0.717) is 5.69 Å². The molecule has 0 radical (unpaired) electrons. The maximum absolute atomic E-state index is 13.6. The largest absolute Gasteiger partial charge is 0.376 e. The van der Waals surface area contributed by atoms with Gasteiger partial charge in [-0.15, -0.1) is 0 Å². The molecule has 116 valence electrons. The third-order valence-corrected chi connectivity index (χ3v) is 3.33. The van der Waals surface area contributed by atoms with E-state index in [4.69, 9.17) is 0 Å². The second-order valence-corrected chi connectivity index (χ2v) is 4.86. The molecule has 0 unspecified atom stereocenters. The highest BCUT2D eigenvalue weighted by Crippen LogP contribution is 2.21. The lowest BCUT2D eigenvalue weighted by atomic mass is 10.1. The van der Waals surface area contributed by atoms with Crippen LogP contribution in [0.15, 0.2) is 52.3 Å². The van der Waals surface area contributed by atoms with E-state index in [0.717, 1.165) is 12.1 Å². The Morgan fingerprint density at radius 3 is 2.35 bits per heavy atom. The van der Waals surface area contributed by atoms with Crippen LogP contribution in [-0.2, 0) is 6.54 Å². The Kier molecular flexibility index (Phi) is 3.84. The second-order valence-electron chi connectivity index (χ2n) is 4.86. The van der Waals surface area contributed by atoms with Gasteiger partial charge in [0.05, 0.1) is 0 Å². The number of hydrogen-bond acceptors (Lipinski definition) is 5. The third-order valence-electron chi connectivity index (χ3n) is 3.33. The SMILES string of the molecule is O=c1c(NCc2ccc(F)cc2F)c(Nc2ccncc2)c1=O. The van der Waals surface area contributed by atoms with Gasteiger partial charge in [-0.2, -0.15) is 0 Å². The molecular formula is C16H11F2N3O2. The summed E-state index contributed by atoms with van der Waals surface area (Å²) in [4.78, 5) is 27.1. The topological polar surface area (TPSA) is 71.1 Å². The molecule has 3 rings (SSSR count).